The third kappa shape index (κ3) is 2.61. The Balaban J connectivity index is 2.32. The van der Waals surface area contributed by atoms with Crippen molar-refractivity contribution in [3.63, 3.8) is 0 Å². The number of nitrogens with zero attached hydrogens (tertiary/aromatic N) is 1. The lowest BCUT2D eigenvalue weighted by Gasteiger charge is -2.26. The van der Waals surface area contributed by atoms with Gasteiger partial charge < -0.3 is 16.0 Å². The van der Waals surface area contributed by atoms with Crippen LogP contribution < -0.4 is 16.0 Å². The molecule has 1 heterocycles. The normalized spacial score (nSPS) is 18.2. The number of hydrogen-bond donors (Lipinski definition) is 2. The van der Waals surface area contributed by atoms with Gasteiger partial charge in [0.25, 0.3) is 0 Å². The zero-order valence-corrected chi connectivity index (χ0v) is 10.4. The molecular formula is C13H18FN3O. The fourth-order valence-corrected chi connectivity index (χ4v) is 2.26. The Morgan fingerprint density at radius 1 is 1.44 bits per heavy atom. The molecule has 0 radical (unpaired) electrons. The molecule has 1 atom stereocenters. The summed E-state index contributed by atoms with van der Waals surface area (Å²) in [5.41, 5.74) is 7.15. The molecule has 1 saturated heterocycles. The Morgan fingerprint density at radius 2 is 2.22 bits per heavy atom. The first-order chi connectivity index (χ1) is 8.59. The maximum atomic E-state index is 13.8. The smallest absolute Gasteiger partial charge is 0.221 e. The molecule has 1 aliphatic rings. The highest BCUT2D eigenvalue weighted by atomic mass is 19.1. The van der Waals surface area contributed by atoms with Gasteiger partial charge in [-0.25, -0.2) is 4.39 Å². The first-order valence-corrected chi connectivity index (χ1v) is 6.15. The molecule has 0 spiro atoms. The van der Waals surface area contributed by atoms with Crippen LogP contribution in [0.2, 0.25) is 0 Å². The highest BCUT2D eigenvalue weighted by Crippen LogP contribution is 2.28. The van der Waals surface area contributed by atoms with E-state index in [1.807, 2.05) is 11.0 Å². The van der Waals surface area contributed by atoms with Crippen LogP contribution in [-0.4, -0.2) is 25.5 Å². The van der Waals surface area contributed by atoms with E-state index in [1.54, 1.807) is 13.0 Å². The summed E-state index contributed by atoms with van der Waals surface area (Å²) in [6.45, 7) is 3.61. The average Bonchev–Trinajstić information content (AvgIpc) is 2.53. The summed E-state index contributed by atoms with van der Waals surface area (Å²) in [6, 6.07) is 4.59. The van der Waals surface area contributed by atoms with Crippen molar-refractivity contribution in [3.8, 4) is 0 Å². The number of halogens is 1. The van der Waals surface area contributed by atoms with E-state index in [2.05, 4.69) is 5.32 Å². The van der Waals surface area contributed by atoms with Gasteiger partial charge in [-0.2, -0.15) is 0 Å². The second kappa shape index (κ2) is 5.35. The van der Waals surface area contributed by atoms with Gasteiger partial charge in [-0.05, 0) is 19.1 Å². The van der Waals surface area contributed by atoms with Crippen LogP contribution in [-0.2, 0) is 4.79 Å². The van der Waals surface area contributed by atoms with E-state index >= 15 is 0 Å². The van der Waals surface area contributed by atoms with E-state index in [4.69, 9.17) is 5.73 Å². The van der Waals surface area contributed by atoms with Crippen molar-refractivity contribution in [2.45, 2.75) is 19.4 Å². The molecule has 0 bridgehead atoms. The van der Waals surface area contributed by atoms with Gasteiger partial charge in [0.15, 0.2) is 0 Å². The molecule has 0 unspecified atom stereocenters. The number of hydrogen-bond acceptors (Lipinski definition) is 3. The number of benzene rings is 1. The van der Waals surface area contributed by atoms with Gasteiger partial charge in [-0.3, -0.25) is 4.79 Å². The highest BCUT2D eigenvalue weighted by molar-refractivity contribution is 5.77. The SMILES string of the molecule is C[C@H](N)c1c(F)cccc1N1CCNC(=O)CC1. The minimum absolute atomic E-state index is 0.0382. The minimum atomic E-state index is -0.367. The van der Waals surface area contributed by atoms with Crippen LogP contribution in [0, 0.1) is 5.82 Å². The van der Waals surface area contributed by atoms with Crippen molar-refractivity contribution in [1.82, 2.24) is 5.32 Å². The number of anilines is 1. The molecule has 0 saturated carbocycles. The van der Waals surface area contributed by atoms with Crippen molar-refractivity contribution in [1.29, 1.82) is 0 Å². The summed E-state index contributed by atoms with van der Waals surface area (Å²) < 4.78 is 13.8. The summed E-state index contributed by atoms with van der Waals surface area (Å²) in [5.74, 6) is -0.248. The van der Waals surface area contributed by atoms with Crippen molar-refractivity contribution < 1.29 is 9.18 Å². The molecule has 3 N–H and O–H groups in total. The fraction of sp³-hybridized carbons (Fsp3) is 0.462. The number of nitrogens with one attached hydrogen (secondary N) is 1. The molecule has 2 rings (SSSR count). The van der Waals surface area contributed by atoms with Crippen molar-refractivity contribution in [2.24, 2.45) is 5.73 Å². The lowest BCUT2D eigenvalue weighted by atomic mass is 10.0. The second-order valence-electron chi connectivity index (χ2n) is 4.55. The predicted octanol–water partition coefficient (Wildman–Crippen LogP) is 1.17. The summed E-state index contributed by atoms with van der Waals surface area (Å²) in [7, 11) is 0. The predicted molar refractivity (Wildman–Crippen MR) is 68.8 cm³/mol. The number of rotatable bonds is 2. The molecule has 18 heavy (non-hydrogen) atoms. The molecule has 98 valence electrons. The molecule has 1 fully saturated rings. The maximum absolute atomic E-state index is 13.8. The van der Waals surface area contributed by atoms with Crippen molar-refractivity contribution >= 4 is 11.6 Å². The van der Waals surface area contributed by atoms with Crippen LogP contribution in [0.4, 0.5) is 10.1 Å². The highest BCUT2D eigenvalue weighted by Gasteiger charge is 2.20. The Labute approximate surface area is 106 Å². The lowest BCUT2D eigenvalue weighted by Crippen LogP contribution is -2.30. The fourth-order valence-electron chi connectivity index (χ4n) is 2.26. The molecule has 5 heteroatoms. The monoisotopic (exact) mass is 251 g/mol. The maximum Gasteiger partial charge on any atom is 0.221 e. The standard InChI is InChI=1S/C13H18FN3O/c1-9(15)13-10(14)3-2-4-11(13)17-7-5-12(18)16-6-8-17/h2-4,9H,5-8,15H2,1H3,(H,16,18)/t9-/m0/s1. The molecule has 4 nitrogen and oxygen atoms in total. The lowest BCUT2D eigenvalue weighted by molar-refractivity contribution is -0.120. The first kappa shape index (κ1) is 12.8. The topological polar surface area (TPSA) is 58.4 Å². The van der Waals surface area contributed by atoms with Gasteiger partial charge in [0.2, 0.25) is 5.91 Å². The van der Waals surface area contributed by atoms with Gasteiger partial charge in [-0.15, -0.1) is 0 Å². The van der Waals surface area contributed by atoms with Gasteiger partial charge in [0, 0.05) is 43.3 Å². The number of carbonyl (C=O) groups is 1. The van der Waals surface area contributed by atoms with Crippen LogP contribution in [0.25, 0.3) is 0 Å². The van der Waals surface area contributed by atoms with E-state index in [0.29, 0.717) is 31.6 Å². The third-order valence-corrected chi connectivity index (χ3v) is 3.14. The summed E-state index contributed by atoms with van der Waals surface area (Å²) in [4.78, 5) is 13.3. The average molecular weight is 251 g/mol. The van der Waals surface area contributed by atoms with Crippen LogP contribution in [0.5, 0.6) is 0 Å². The molecule has 1 aliphatic heterocycles. The van der Waals surface area contributed by atoms with E-state index in [1.165, 1.54) is 6.07 Å². The minimum Gasteiger partial charge on any atom is -0.369 e. The number of nitrogens with two attached hydrogens (primary N) is 1. The molecule has 1 amide bonds. The van der Waals surface area contributed by atoms with E-state index in [9.17, 15) is 9.18 Å². The summed E-state index contributed by atoms with van der Waals surface area (Å²) in [5, 5.41) is 2.80. The molecule has 1 aromatic carbocycles. The van der Waals surface area contributed by atoms with Gasteiger partial charge in [0.1, 0.15) is 5.82 Å². The van der Waals surface area contributed by atoms with Gasteiger partial charge >= 0.3 is 0 Å². The van der Waals surface area contributed by atoms with Crippen LogP contribution in [0.15, 0.2) is 18.2 Å². The molecular weight excluding hydrogens is 233 g/mol. The zero-order valence-electron chi connectivity index (χ0n) is 10.4. The largest absolute Gasteiger partial charge is 0.369 e. The van der Waals surface area contributed by atoms with Crippen molar-refractivity contribution in [2.75, 3.05) is 24.5 Å². The van der Waals surface area contributed by atoms with Crippen LogP contribution in [0.3, 0.4) is 0 Å². The molecule has 0 aliphatic carbocycles. The van der Waals surface area contributed by atoms with Crippen LogP contribution >= 0.6 is 0 Å². The first-order valence-electron chi connectivity index (χ1n) is 6.15. The number of amides is 1. The second-order valence-corrected chi connectivity index (χ2v) is 4.55. The van der Waals surface area contributed by atoms with E-state index < -0.39 is 0 Å². The Hall–Kier alpha value is -1.62. The van der Waals surface area contributed by atoms with Crippen molar-refractivity contribution in [3.05, 3.63) is 29.6 Å². The Bertz CT molecular complexity index is 448. The van der Waals surface area contributed by atoms with Crippen LogP contribution in [0.1, 0.15) is 24.9 Å². The van der Waals surface area contributed by atoms with Gasteiger partial charge in [0.05, 0.1) is 0 Å². The molecule has 0 aromatic heterocycles. The third-order valence-electron chi connectivity index (χ3n) is 3.14. The Morgan fingerprint density at radius 3 is 2.94 bits per heavy atom. The zero-order chi connectivity index (χ0) is 13.1. The van der Waals surface area contributed by atoms with E-state index in [0.717, 1.165) is 5.69 Å². The van der Waals surface area contributed by atoms with Gasteiger partial charge in [-0.1, -0.05) is 6.07 Å². The van der Waals surface area contributed by atoms with E-state index in [-0.39, 0.29) is 17.8 Å². The number of carbonyl (C=O) groups excluding carboxylic acids is 1. The molecule has 1 aromatic rings. The summed E-state index contributed by atoms with van der Waals surface area (Å²) in [6.07, 6.45) is 0.426. The Kier molecular flexibility index (Phi) is 3.81. The quantitative estimate of drug-likeness (QED) is 0.829. The summed E-state index contributed by atoms with van der Waals surface area (Å²) >= 11 is 0.